The van der Waals surface area contributed by atoms with Gasteiger partial charge in [0.25, 0.3) is 11.8 Å². The minimum atomic E-state index is -0.664. The van der Waals surface area contributed by atoms with E-state index in [0.717, 1.165) is 11.4 Å². The lowest BCUT2D eigenvalue weighted by Gasteiger charge is -2.26. The standard InChI is InChI=1S/C31H40F2N4O3.C2H2/c1-7-8-11-22(3)28(17-12-21(2)10-9-18-38)36-31(40)29(37(34)25(6)24(5)32)19-23(4)30(39)35-20-26-13-15-27(33)16-14-26;1-2/h8-11,13-16,18-19,21,28H,3-4,7,12,17,20,34H2,1-2,5-6H3,(H,35,39)(H,36,40);1-2H/b10-9+,11-8-,25-24+,29-19-;. The van der Waals surface area contributed by atoms with Gasteiger partial charge in [-0.15, -0.1) is 12.8 Å². The van der Waals surface area contributed by atoms with Gasteiger partial charge in [0.05, 0.1) is 11.7 Å². The van der Waals surface area contributed by atoms with Gasteiger partial charge < -0.3 is 10.6 Å². The Morgan fingerprint density at radius 3 is 2.29 bits per heavy atom. The molecule has 226 valence electrons. The number of nitrogens with two attached hydrogens (primary N) is 1. The lowest BCUT2D eigenvalue weighted by atomic mass is 9.96. The zero-order valence-electron chi connectivity index (χ0n) is 24.8. The first-order valence-electron chi connectivity index (χ1n) is 13.3. The largest absolute Gasteiger partial charge is 0.348 e. The fourth-order valence-corrected chi connectivity index (χ4v) is 3.45. The molecule has 0 saturated carbocycles. The van der Waals surface area contributed by atoms with Crippen molar-refractivity contribution in [3.05, 3.63) is 108 Å². The third-order valence-electron chi connectivity index (χ3n) is 6.07. The van der Waals surface area contributed by atoms with Gasteiger partial charge in [-0.1, -0.05) is 57.4 Å². The molecule has 0 heterocycles. The van der Waals surface area contributed by atoms with Crippen molar-refractivity contribution in [2.75, 3.05) is 0 Å². The zero-order valence-corrected chi connectivity index (χ0v) is 24.8. The topological polar surface area (TPSA) is 105 Å². The number of terminal acetylenes is 1. The molecular formula is C33H42F2N4O3. The van der Waals surface area contributed by atoms with Crippen LogP contribution in [-0.2, 0) is 20.9 Å². The molecule has 7 nitrogen and oxygen atoms in total. The summed E-state index contributed by atoms with van der Waals surface area (Å²) in [7, 11) is 0. The highest BCUT2D eigenvalue weighted by atomic mass is 19.1. The molecule has 0 aliphatic heterocycles. The number of carbonyl (C=O) groups is 3. The number of nitrogens with one attached hydrogen (secondary N) is 2. The first kappa shape index (κ1) is 37.5. The Morgan fingerprint density at radius 1 is 1.12 bits per heavy atom. The van der Waals surface area contributed by atoms with Crippen LogP contribution in [0.15, 0.2) is 96.2 Å². The number of allylic oxidation sites excluding steroid dienone is 5. The maximum atomic E-state index is 14.1. The predicted octanol–water partition coefficient (Wildman–Crippen LogP) is 5.71. The molecule has 1 aromatic rings. The van der Waals surface area contributed by atoms with Gasteiger partial charge in [0.15, 0.2) is 0 Å². The summed E-state index contributed by atoms with van der Waals surface area (Å²) >= 11 is 0. The average Bonchev–Trinajstić information content (AvgIpc) is 2.98. The van der Waals surface area contributed by atoms with Gasteiger partial charge >= 0.3 is 0 Å². The number of rotatable bonds is 16. The van der Waals surface area contributed by atoms with E-state index in [1.807, 2.05) is 26.0 Å². The van der Waals surface area contributed by atoms with Gasteiger partial charge in [0.2, 0.25) is 0 Å². The quantitative estimate of drug-likeness (QED) is 0.0581. The van der Waals surface area contributed by atoms with Gasteiger partial charge in [-0.25, -0.2) is 14.6 Å². The van der Waals surface area contributed by atoms with Crippen LogP contribution in [0.4, 0.5) is 8.78 Å². The van der Waals surface area contributed by atoms with Crippen molar-refractivity contribution in [3.63, 3.8) is 0 Å². The molecule has 9 heteroatoms. The molecule has 0 aliphatic carbocycles. The SMILES string of the molecule is C#C.C=C(/C=C(/C(=O)NC(CCC(C)/C=C/C=O)C(=C)/C=C\CC)N(N)/C(C)=C(\C)F)C(=O)NCc1ccc(F)cc1. The normalized spacial score (nSPS) is 13.3. The first-order chi connectivity index (χ1) is 19.9. The molecular weight excluding hydrogens is 538 g/mol. The van der Waals surface area contributed by atoms with Crippen LogP contribution in [0.1, 0.15) is 52.5 Å². The average molecular weight is 581 g/mol. The summed E-state index contributed by atoms with van der Waals surface area (Å²) in [5.74, 6) is 3.92. The molecule has 0 spiro atoms. The summed E-state index contributed by atoms with van der Waals surface area (Å²) in [5.41, 5.74) is 0.975. The molecule has 0 fully saturated rings. The summed E-state index contributed by atoms with van der Waals surface area (Å²) in [5, 5.41) is 6.40. The molecule has 0 saturated heterocycles. The van der Waals surface area contributed by atoms with E-state index >= 15 is 0 Å². The zero-order chi connectivity index (χ0) is 32.2. The van der Waals surface area contributed by atoms with Gasteiger partial charge in [-0.2, -0.15) is 0 Å². The van der Waals surface area contributed by atoms with Crippen LogP contribution in [0, 0.1) is 24.6 Å². The Bertz CT molecular complexity index is 1220. The van der Waals surface area contributed by atoms with E-state index in [-0.39, 0.29) is 29.4 Å². The number of hydrazine groups is 1. The molecule has 4 N–H and O–H groups in total. The molecule has 2 unspecified atom stereocenters. The van der Waals surface area contributed by atoms with Crippen molar-refractivity contribution in [3.8, 4) is 12.8 Å². The van der Waals surface area contributed by atoms with Crippen LogP contribution in [0.2, 0.25) is 0 Å². The monoisotopic (exact) mass is 580 g/mol. The smallest absolute Gasteiger partial charge is 0.269 e. The fraction of sp³-hybridized carbons (Fsp3) is 0.303. The molecule has 2 amide bonds. The van der Waals surface area contributed by atoms with E-state index in [1.54, 1.807) is 6.08 Å². The van der Waals surface area contributed by atoms with Crippen LogP contribution in [-0.4, -0.2) is 29.2 Å². The van der Waals surface area contributed by atoms with Gasteiger partial charge in [0, 0.05) is 12.1 Å². The third kappa shape index (κ3) is 13.7. The molecule has 1 rings (SSSR count). The lowest BCUT2D eigenvalue weighted by Crippen LogP contribution is -2.43. The highest BCUT2D eigenvalue weighted by Gasteiger charge is 2.23. The van der Waals surface area contributed by atoms with E-state index in [9.17, 15) is 23.2 Å². The Hall–Kier alpha value is -4.55. The summed E-state index contributed by atoms with van der Waals surface area (Å²) in [4.78, 5) is 36.9. The van der Waals surface area contributed by atoms with Crippen LogP contribution in [0.25, 0.3) is 0 Å². The number of carbonyl (C=O) groups excluding carboxylic acids is 3. The maximum Gasteiger partial charge on any atom is 0.269 e. The number of hydrogen-bond donors (Lipinski definition) is 3. The van der Waals surface area contributed by atoms with Crippen molar-refractivity contribution < 1.29 is 23.2 Å². The van der Waals surface area contributed by atoms with Crippen LogP contribution < -0.4 is 16.5 Å². The van der Waals surface area contributed by atoms with Crippen molar-refractivity contribution in [2.24, 2.45) is 11.8 Å². The Kier molecular flexibility index (Phi) is 18.1. The molecule has 2 atom stereocenters. The fourth-order valence-electron chi connectivity index (χ4n) is 3.45. The highest BCUT2D eigenvalue weighted by molar-refractivity contribution is 6.00. The number of halogens is 2. The van der Waals surface area contributed by atoms with E-state index in [2.05, 4.69) is 36.6 Å². The second kappa shape index (κ2) is 20.3. The van der Waals surface area contributed by atoms with Crippen molar-refractivity contribution in [1.82, 2.24) is 15.6 Å². The summed E-state index contributed by atoms with van der Waals surface area (Å²) in [6, 6.07) is 5.11. The molecule has 42 heavy (non-hydrogen) atoms. The van der Waals surface area contributed by atoms with Crippen molar-refractivity contribution >= 4 is 18.1 Å². The molecule has 0 aromatic heterocycles. The Labute approximate surface area is 248 Å². The second-order valence-corrected chi connectivity index (χ2v) is 9.34. The molecule has 0 aliphatic rings. The van der Waals surface area contributed by atoms with Gasteiger partial charge in [-0.3, -0.25) is 19.4 Å². The Morgan fingerprint density at radius 2 is 1.74 bits per heavy atom. The summed E-state index contributed by atoms with van der Waals surface area (Å²) in [6.07, 6.45) is 18.7. The minimum Gasteiger partial charge on any atom is -0.348 e. The molecule has 0 radical (unpaired) electrons. The van der Waals surface area contributed by atoms with Gasteiger partial charge in [0.1, 0.15) is 23.6 Å². The number of nitrogens with zero attached hydrogens (tertiary/aromatic N) is 1. The lowest BCUT2D eigenvalue weighted by molar-refractivity contribution is -0.119. The van der Waals surface area contributed by atoms with Crippen molar-refractivity contribution in [2.45, 2.75) is 59.5 Å². The highest BCUT2D eigenvalue weighted by Crippen LogP contribution is 2.19. The number of hydrogen-bond acceptors (Lipinski definition) is 5. The van der Waals surface area contributed by atoms with Crippen LogP contribution in [0.5, 0.6) is 0 Å². The number of amides is 2. The van der Waals surface area contributed by atoms with E-state index in [0.29, 0.717) is 30.3 Å². The Balaban J connectivity index is 0.00000821. The number of benzene rings is 1. The van der Waals surface area contributed by atoms with Crippen LogP contribution >= 0.6 is 0 Å². The van der Waals surface area contributed by atoms with E-state index in [4.69, 9.17) is 5.84 Å². The number of aldehydes is 1. The molecule has 0 bridgehead atoms. The first-order valence-corrected chi connectivity index (χ1v) is 13.3. The van der Waals surface area contributed by atoms with E-state index in [1.165, 1.54) is 50.3 Å². The summed E-state index contributed by atoms with van der Waals surface area (Å²) in [6.45, 7) is 14.4. The van der Waals surface area contributed by atoms with Gasteiger partial charge in [-0.05, 0) is 74.4 Å². The summed E-state index contributed by atoms with van der Waals surface area (Å²) < 4.78 is 27.2. The van der Waals surface area contributed by atoms with Crippen LogP contribution in [0.3, 0.4) is 0 Å². The van der Waals surface area contributed by atoms with E-state index < -0.39 is 29.5 Å². The molecule has 1 aromatic carbocycles. The maximum absolute atomic E-state index is 14.1. The minimum absolute atomic E-state index is 0.0326. The second-order valence-electron chi connectivity index (χ2n) is 9.34. The third-order valence-corrected chi connectivity index (χ3v) is 6.07. The predicted molar refractivity (Wildman–Crippen MR) is 165 cm³/mol. The van der Waals surface area contributed by atoms with Crippen molar-refractivity contribution in [1.29, 1.82) is 0 Å².